The molecule has 2 saturated heterocycles. The molecular weight excluding hydrogens is 1620 g/mol. The number of amides is 2. The minimum Gasteiger partial charge on any atom is -0.460 e. The third-order valence-corrected chi connectivity index (χ3v) is 23.8. The smallest absolute Gasteiger partial charge is 0.329 e. The summed E-state index contributed by atoms with van der Waals surface area (Å²) in [5.74, 6) is -11.1. The van der Waals surface area contributed by atoms with Crippen molar-refractivity contribution >= 4 is 69.1 Å². The van der Waals surface area contributed by atoms with Gasteiger partial charge in [0.15, 0.2) is 22.8 Å². The number of aryl methyl sites for hydroxylation is 1. The molecule has 4 aromatic heterocycles. The van der Waals surface area contributed by atoms with Crippen LogP contribution in [0.25, 0.3) is 33.4 Å². The van der Waals surface area contributed by atoms with Crippen LogP contribution in [0.4, 0.5) is 11.8 Å². The van der Waals surface area contributed by atoms with Crippen molar-refractivity contribution in [1.29, 1.82) is 0 Å². The van der Waals surface area contributed by atoms with Gasteiger partial charge in [0.25, 0.3) is 17.7 Å². The van der Waals surface area contributed by atoms with Gasteiger partial charge in [0.05, 0.1) is 122 Å². The summed E-state index contributed by atoms with van der Waals surface area (Å²) < 4.78 is 85.2. The van der Waals surface area contributed by atoms with Crippen LogP contribution in [-0.2, 0) is 110 Å². The lowest BCUT2D eigenvalue weighted by atomic mass is 9.78. The first-order valence-electron chi connectivity index (χ1n) is 44.4. The lowest BCUT2D eigenvalue weighted by Gasteiger charge is -2.46. The molecule has 3 fully saturated rings. The predicted octanol–water partition coefficient (Wildman–Crippen LogP) is 8.70. The van der Waals surface area contributed by atoms with Gasteiger partial charge in [-0.15, -0.1) is 5.10 Å². The number of benzene rings is 1. The third-order valence-electron chi connectivity index (χ3n) is 23.8. The second kappa shape index (κ2) is 51.7. The summed E-state index contributed by atoms with van der Waals surface area (Å²) in [6.07, 6.45) is 17.6. The van der Waals surface area contributed by atoms with Crippen molar-refractivity contribution in [3.05, 3.63) is 84.0 Å². The molecule has 1 aromatic carbocycles. The number of esters is 1. The fourth-order valence-corrected chi connectivity index (χ4v) is 16.4. The number of hydrogen-bond acceptors (Lipinski definition) is 31. The van der Waals surface area contributed by atoms with Gasteiger partial charge in [-0.1, -0.05) is 76.3 Å². The zero-order valence-electron chi connectivity index (χ0n) is 74.7. The maximum atomic E-state index is 14.8. The molecule has 2 bridgehead atoms. The highest BCUT2D eigenvalue weighted by molar-refractivity contribution is 6.39. The largest absolute Gasteiger partial charge is 0.460 e. The molecule has 1 aliphatic carbocycles. The Morgan fingerprint density at radius 2 is 1.46 bits per heavy atom. The van der Waals surface area contributed by atoms with E-state index >= 15 is 0 Å². The molecule has 1 saturated carbocycles. The van der Waals surface area contributed by atoms with E-state index in [0.717, 1.165) is 36.1 Å². The Bertz CT molecular complexity index is 4320. The van der Waals surface area contributed by atoms with Crippen molar-refractivity contribution in [3.8, 4) is 11.3 Å². The highest BCUT2D eigenvalue weighted by Crippen LogP contribution is 2.43. The molecule has 35 heteroatoms. The topological polar surface area (TPSA) is 451 Å². The molecule has 0 unspecified atom stereocenters. The van der Waals surface area contributed by atoms with Crippen molar-refractivity contribution in [2.24, 2.45) is 35.5 Å². The standard InChI is InChI=1S/C90H136N12O23/c1-59-21-13-11-14-22-60(2)76(113-9)55-89(110)30-29-65(7)90(111,125-89)83(107)86(108)101-32-17-15-23-70(101)87(109)123-74(54-71(103)61(3)50-64(6)81(106)82(114-10)80(105)63(5)49-59)62(4)51-66-25-27-73(75(52-66)112-8)122-48-47-121-57-68-56-100(99-97-68)34-38-118-42-44-120-46-45-119-43-40-116-36-20-12-19-35-115-39-41-117-37-31-93-77(104)24-16-18-33-102-85-78(84(91)94-58-95-85)79(98-102)67-26-28-72-69(53-67)96-88(92)124-72/h11,13-14,21-22,26,28,50,53,56,58-59,61-63,65-66,70,73-76,81-82,106,110-111H,12,15-20,23-25,27,29-49,51-52,54-55,57H2,1-10H3,(H2,92,96)(H,93,104)(H2,91,94,95)/b14-11+,21-13+,60-22+,64-50+/t59-,61-,62-,63-,65-,66+,70+,73-,74+,75-,76+,81-,82+,89+,90-/m1/s1. The van der Waals surface area contributed by atoms with Crippen molar-refractivity contribution in [2.75, 3.05) is 138 Å². The predicted molar refractivity (Wildman–Crippen MR) is 462 cm³/mol. The van der Waals surface area contributed by atoms with Crippen LogP contribution >= 0.6 is 0 Å². The second-order valence-corrected chi connectivity index (χ2v) is 33.5. The summed E-state index contributed by atoms with van der Waals surface area (Å²) in [6.45, 7) is 20.3. The van der Waals surface area contributed by atoms with Crippen LogP contribution in [0, 0.1) is 35.5 Å². The number of aliphatic hydroxyl groups excluding tert-OH is 1. The van der Waals surface area contributed by atoms with E-state index < -0.39 is 83.4 Å². The van der Waals surface area contributed by atoms with Crippen molar-refractivity contribution in [3.63, 3.8) is 0 Å². The maximum absolute atomic E-state index is 14.8. The molecule has 125 heavy (non-hydrogen) atoms. The number of hydrogen-bond donors (Lipinski definition) is 6. The van der Waals surface area contributed by atoms with Gasteiger partial charge in [0.1, 0.15) is 59.2 Å². The molecule has 15 atom stereocenters. The van der Waals surface area contributed by atoms with Crippen molar-refractivity contribution in [1.82, 2.24) is 49.9 Å². The van der Waals surface area contributed by atoms with Crippen LogP contribution < -0.4 is 16.8 Å². The van der Waals surface area contributed by atoms with Crippen molar-refractivity contribution < 1.29 is 110 Å². The summed E-state index contributed by atoms with van der Waals surface area (Å²) >= 11 is 0. The molecule has 2 amide bonds. The van der Waals surface area contributed by atoms with Gasteiger partial charge in [-0.25, -0.2) is 24.1 Å². The number of carbonyl (C=O) groups is 6. The number of fused-ring (bicyclic) bond motifs is 5. The zero-order chi connectivity index (χ0) is 89.8. The summed E-state index contributed by atoms with van der Waals surface area (Å²) in [7, 11) is 4.48. The number of carbonyl (C=O) groups excluding carboxylic acids is 6. The first-order valence-corrected chi connectivity index (χ1v) is 44.4. The number of ketones is 3. The van der Waals surface area contributed by atoms with Crippen LogP contribution in [0.2, 0.25) is 0 Å². The van der Waals surface area contributed by atoms with Gasteiger partial charge < -0.3 is 103 Å². The maximum Gasteiger partial charge on any atom is 0.329 e. The first-order chi connectivity index (χ1) is 60.2. The number of cyclic esters (lactones) is 1. The molecule has 4 aliphatic rings. The average molecular weight is 1750 g/mol. The van der Waals surface area contributed by atoms with E-state index in [2.05, 4.69) is 30.6 Å². The van der Waals surface area contributed by atoms with Gasteiger partial charge in [0.2, 0.25) is 11.7 Å². The van der Waals surface area contributed by atoms with Gasteiger partial charge in [0, 0.05) is 103 Å². The van der Waals surface area contributed by atoms with Crippen LogP contribution in [0.5, 0.6) is 0 Å². The number of nitrogens with zero attached hydrogens (tertiary/aromatic N) is 9. The molecular formula is C90H136N12O23. The van der Waals surface area contributed by atoms with E-state index in [1.165, 1.54) is 20.5 Å². The third kappa shape index (κ3) is 30.7. The highest BCUT2D eigenvalue weighted by atomic mass is 16.7. The number of aliphatic hydroxyl groups is 3. The second-order valence-electron chi connectivity index (χ2n) is 33.5. The Balaban J connectivity index is 0.606. The lowest BCUT2D eigenvalue weighted by Crippen LogP contribution is -2.63. The Hall–Kier alpha value is -8.24. The minimum atomic E-state index is -2.75. The summed E-state index contributed by atoms with van der Waals surface area (Å²) in [6, 6.07) is 4.31. The zero-order valence-corrected chi connectivity index (χ0v) is 74.7. The summed E-state index contributed by atoms with van der Waals surface area (Å²) in [5, 5.41) is 52.6. The molecule has 7 heterocycles. The number of unbranched alkanes of at least 4 members (excludes halogenated alkanes) is 3. The molecule has 3 aliphatic heterocycles. The van der Waals surface area contributed by atoms with E-state index in [-0.39, 0.29) is 92.8 Å². The van der Waals surface area contributed by atoms with Crippen LogP contribution in [0.3, 0.4) is 0 Å². The number of nitrogen functional groups attached to an aromatic ring is 2. The first kappa shape index (κ1) is 101. The number of nitrogens with one attached hydrogen (secondary N) is 1. The molecule has 9 rings (SSSR count). The van der Waals surface area contributed by atoms with Crippen LogP contribution in [0.15, 0.2) is 82.7 Å². The number of oxazole rings is 1. The average Bonchev–Trinajstić information content (AvgIpc) is 1.73. The Labute approximate surface area is 733 Å². The normalized spacial score (nSPS) is 27.4. The quantitative estimate of drug-likeness (QED) is 0.00920. The highest BCUT2D eigenvalue weighted by Gasteiger charge is 2.57. The van der Waals surface area contributed by atoms with E-state index in [4.69, 9.17) is 82.6 Å². The number of allylic oxidation sites excluding steroid dienone is 6. The Morgan fingerprint density at radius 1 is 0.744 bits per heavy atom. The Morgan fingerprint density at radius 3 is 2.18 bits per heavy atom. The number of rotatable bonds is 42. The number of nitrogens with two attached hydrogens (primary N) is 2. The lowest BCUT2D eigenvalue weighted by molar-refractivity contribution is -0.360. The fourth-order valence-electron chi connectivity index (χ4n) is 16.4. The number of aromatic nitrogens is 8. The number of piperidine rings is 1. The van der Waals surface area contributed by atoms with Gasteiger partial charge >= 0.3 is 5.97 Å². The minimum absolute atomic E-state index is 0.00720. The molecule has 0 spiro atoms. The van der Waals surface area contributed by atoms with Gasteiger partial charge in [-0.2, -0.15) is 10.1 Å². The number of anilines is 2. The molecule has 0 radical (unpaired) electrons. The van der Waals surface area contributed by atoms with Crippen molar-refractivity contribution in [2.45, 2.75) is 238 Å². The SMILES string of the molecule is CO[C@H]1C[C@]2(O)CC[C@@H](C)[C@@](O)(O2)C(=O)C(=O)N2CCCC[C@H]2C(=O)O[C@H]([C@H](C)C[C@@H]2CC[C@@H](OCCOCc3cn(CCOCCOCCOCCOCCCCCOCCOCCNC(=O)CCCCn4nc(-c5ccc6oc(N)nc6c5)c5c(N)ncnc54)nn3)[C@H](OC)C2)CC(=O)[C@H](C)/C=C(\C)[C@@H](O)[C@@H](OC)C(=O)[C@H](C)C[C@H](C)/C=C/C=C/C=C/1C. The Kier molecular flexibility index (Phi) is 41.6. The monoisotopic (exact) mass is 1750 g/mol. The van der Waals surface area contributed by atoms with Crippen LogP contribution in [0.1, 0.15) is 170 Å². The summed E-state index contributed by atoms with van der Waals surface area (Å²) in [5.41, 5.74) is 16.9. The van der Waals surface area contributed by atoms with E-state index in [0.29, 0.717) is 220 Å². The van der Waals surface area contributed by atoms with E-state index in [1.54, 1.807) is 68.5 Å². The number of methoxy groups -OCH3 is 3. The van der Waals surface area contributed by atoms with E-state index in [9.17, 15) is 44.1 Å². The molecule has 694 valence electrons. The van der Waals surface area contributed by atoms with Gasteiger partial charge in [-0.05, 0) is 151 Å². The number of ether oxygens (including phenoxy) is 13. The molecule has 35 nitrogen and oxygen atoms in total. The van der Waals surface area contributed by atoms with Crippen LogP contribution in [-0.4, -0.2) is 276 Å². The molecule has 5 aromatic rings. The molecule has 8 N–H and O–H groups in total. The number of Topliss-reactive ketones (excluding diaryl/α,β-unsaturated/α-hetero) is 3. The van der Waals surface area contributed by atoms with Gasteiger partial charge in [-0.3, -0.25) is 24.0 Å². The summed E-state index contributed by atoms with van der Waals surface area (Å²) in [4.78, 5) is 98.8. The van der Waals surface area contributed by atoms with E-state index in [1.807, 2.05) is 57.3 Å². The fraction of sp³-hybridized carbons (Fsp3) is 0.689.